The van der Waals surface area contributed by atoms with Crippen molar-refractivity contribution in [2.45, 2.75) is 0 Å². The van der Waals surface area contributed by atoms with Crippen LogP contribution in [0.15, 0.2) is 34.9 Å². The molecule has 0 saturated heterocycles. The van der Waals surface area contributed by atoms with E-state index in [0.717, 1.165) is 22.6 Å². The van der Waals surface area contributed by atoms with Gasteiger partial charge in [-0.05, 0) is 18.2 Å². The van der Waals surface area contributed by atoms with Crippen LogP contribution in [-0.2, 0) is 0 Å². The standard InChI is InChI=1S/C12H11O3/c1-13-10-4-3-5-11(14-2)12(10)9-6-7-15-8-9/h3-7H,1-2H3. The molecule has 0 spiro atoms. The Morgan fingerprint density at radius 2 is 1.73 bits per heavy atom. The molecule has 0 aliphatic rings. The van der Waals surface area contributed by atoms with Crippen molar-refractivity contribution in [3.8, 4) is 22.6 Å². The van der Waals surface area contributed by atoms with E-state index in [0.29, 0.717) is 0 Å². The van der Waals surface area contributed by atoms with Crippen molar-refractivity contribution in [1.29, 1.82) is 0 Å². The Hall–Kier alpha value is -1.90. The molecule has 1 heterocycles. The van der Waals surface area contributed by atoms with Crippen LogP contribution in [0, 0.1) is 6.26 Å². The molecule has 0 bridgehead atoms. The van der Waals surface area contributed by atoms with Crippen molar-refractivity contribution in [3.63, 3.8) is 0 Å². The van der Waals surface area contributed by atoms with Gasteiger partial charge < -0.3 is 13.9 Å². The first-order valence-corrected chi connectivity index (χ1v) is 4.53. The number of furan rings is 1. The summed E-state index contributed by atoms with van der Waals surface area (Å²) in [5.74, 6) is 1.49. The molecule has 0 aliphatic carbocycles. The van der Waals surface area contributed by atoms with Gasteiger partial charge in [-0.15, -0.1) is 0 Å². The molecule has 15 heavy (non-hydrogen) atoms. The first-order valence-electron chi connectivity index (χ1n) is 4.53. The molecule has 1 radical (unpaired) electrons. The molecule has 0 unspecified atom stereocenters. The van der Waals surface area contributed by atoms with Gasteiger partial charge in [-0.2, -0.15) is 0 Å². The fourth-order valence-corrected chi connectivity index (χ4v) is 1.48. The van der Waals surface area contributed by atoms with Gasteiger partial charge >= 0.3 is 0 Å². The van der Waals surface area contributed by atoms with E-state index >= 15 is 0 Å². The summed E-state index contributed by atoms with van der Waals surface area (Å²) in [6.45, 7) is 0. The van der Waals surface area contributed by atoms with Crippen molar-refractivity contribution in [2.75, 3.05) is 14.2 Å². The minimum atomic E-state index is 0.743. The molecule has 3 nitrogen and oxygen atoms in total. The van der Waals surface area contributed by atoms with Crippen molar-refractivity contribution in [1.82, 2.24) is 0 Å². The fourth-order valence-electron chi connectivity index (χ4n) is 1.48. The van der Waals surface area contributed by atoms with Gasteiger partial charge in [0.2, 0.25) is 0 Å². The summed E-state index contributed by atoms with van der Waals surface area (Å²) in [5.41, 5.74) is 1.68. The monoisotopic (exact) mass is 203 g/mol. The molecule has 1 aromatic heterocycles. The van der Waals surface area contributed by atoms with E-state index in [1.807, 2.05) is 24.3 Å². The van der Waals surface area contributed by atoms with Crippen LogP contribution in [0.5, 0.6) is 11.5 Å². The van der Waals surface area contributed by atoms with Crippen molar-refractivity contribution >= 4 is 0 Å². The van der Waals surface area contributed by atoms with E-state index in [2.05, 4.69) is 6.26 Å². The van der Waals surface area contributed by atoms with Crippen LogP contribution in [-0.4, -0.2) is 14.2 Å². The number of ether oxygens (including phenoxy) is 2. The molecule has 2 aromatic rings. The number of hydrogen-bond acceptors (Lipinski definition) is 3. The summed E-state index contributed by atoms with van der Waals surface area (Å²) in [7, 11) is 3.25. The van der Waals surface area contributed by atoms with Gasteiger partial charge in [0.05, 0.1) is 26.0 Å². The van der Waals surface area contributed by atoms with Crippen molar-refractivity contribution < 1.29 is 13.9 Å². The third kappa shape index (κ3) is 1.68. The fraction of sp³-hybridized carbons (Fsp3) is 0.167. The average molecular weight is 203 g/mol. The summed E-state index contributed by atoms with van der Waals surface area (Å²) in [6, 6.07) is 7.44. The lowest BCUT2D eigenvalue weighted by atomic mass is 10.1. The van der Waals surface area contributed by atoms with E-state index in [9.17, 15) is 0 Å². The molecule has 0 N–H and O–H groups in total. The van der Waals surface area contributed by atoms with E-state index in [1.54, 1.807) is 20.5 Å². The number of methoxy groups -OCH3 is 2. The first-order chi connectivity index (χ1) is 7.36. The predicted molar refractivity (Wildman–Crippen MR) is 56.1 cm³/mol. The highest BCUT2D eigenvalue weighted by Gasteiger charge is 2.13. The number of benzene rings is 1. The van der Waals surface area contributed by atoms with Crippen LogP contribution in [0.2, 0.25) is 0 Å². The van der Waals surface area contributed by atoms with E-state index < -0.39 is 0 Å². The summed E-state index contributed by atoms with van der Waals surface area (Å²) in [6.07, 6.45) is 4.34. The van der Waals surface area contributed by atoms with Gasteiger partial charge in [0, 0.05) is 5.56 Å². The maximum absolute atomic E-state index is 5.27. The van der Waals surface area contributed by atoms with Crippen LogP contribution in [0.1, 0.15) is 0 Å². The van der Waals surface area contributed by atoms with Gasteiger partial charge in [-0.3, -0.25) is 0 Å². The van der Waals surface area contributed by atoms with Gasteiger partial charge in [0.25, 0.3) is 0 Å². The van der Waals surface area contributed by atoms with Crippen molar-refractivity contribution in [2.24, 2.45) is 0 Å². The molecule has 0 aliphatic heterocycles. The molecular weight excluding hydrogens is 192 g/mol. The summed E-state index contributed by atoms with van der Waals surface area (Å²) in [4.78, 5) is 0. The lowest BCUT2D eigenvalue weighted by molar-refractivity contribution is 0.397. The van der Waals surface area contributed by atoms with E-state index in [4.69, 9.17) is 13.9 Å². The van der Waals surface area contributed by atoms with Gasteiger partial charge in [-0.1, -0.05) is 6.07 Å². The highest BCUT2D eigenvalue weighted by Crippen LogP contribution is 2.37. The van der Waals surface area contributed by atoms with Crippen LogP contribution in [0.3, 0.4) is 0 Å². The zero-order valence-corrected chi connectivity index (χ0v) is 8.61. The SMILES string of the molecule is COc1cccc(OC)c1-c1[c]occ1. The maximum Gasteiger partial charge on any atom is 0.177 e. The topological polar surface area (TPSA) is 31.6 Å². The smallest absolute Gasteiger partial charge is 0.177 e. The third-order valence-corrected chi connectivity index (χ3v) is 2.17. The Kier molecular flexibility index (Phi) is 2.63. The summed E-state index contributed by atoms with van der Waals surface area (Å²) < 4.78 is 15.5. The second kappa shape index (κ2) is 4.09. The Morgan fingerprint density at radius 3 is 2.20 bits per heavy atom. The normalized spacial score (nSPS) is 10.0. The van der Waals surface area contributed by atoms with Gasteiger partial charge in [0.15, 0.2) is 6.26 Å². The molecule has 0 amide bonds. The minimum absolute atomic E-state index is 0.743. The Balaban J connectivity index is 2.61. The minimum Gasteiger partial charge on any atom is -0.496 e. The lowest BCUT2D eigenvalue weighted by Gasteiger charge is -2.10. The van der Waals surface area contributed by atoms with Gasteiger partial charge in [-0.25, -0.2) is 0 Å². The van der Waals surface area contributed by atoms with E-state index in [1.165, 1.54) is 0 Å². The molecular formula is C12H11O3. The molecule has 2 rings (SSSR count). The molecule has 0 fully saturated rings. The lowest BCUT2D eigenvalue weighted by Crippen LogP contribution is -1.91. The van der Waals surface area contributed by atoms with Crippen LogP contribution in [0.4, 0.5) is 0 Å². The Labute approximate surface area is 88.2 Å². The zero-order valence-electron chi connectivity index (χ0n) is 8.61. The quantitative estimate of drug-likeness (QED) is 0.768. The molecule has 77 valence electrons. The van der Waals surface area contributed by atoms with Gasteiger partial charge in [0.1, 0.15) is 11.5 Å². The maximum atomic E-state index is 5.27. The Bertz CT molecular complexity index is 410. The second-order valence-corrected chi connectivity index (χ2v) is 2.97. The zero-order chi connectivity index (χ0) is 10.7. The first kappa shape index (κ1) is 9.65. The van der Waals surface area contributed by atoms with Crippen LogP contribution < -0.4 is 9.47 Å². The number of rotatable bonds is 3. The molecule has 1 aromatic carbocycles. The summed E-state index contributed by atoms with van der Waals surface area (Å²) >= 11 is 0. The van der Waals surface area contributed by atoms with Crippen LogP contribution in [0.25, 0.3) is 11.1 Å². The highest BCUT2D eigenvalue weighted by atomic mass is 16.5. The number of hydrogen-bond donors (Lipinski definition) is 0. The highest BCUT2D eigenvalue weighted by molar-refractivity contribution is 5.75. The molecule has 3 heteroatoms. The van der Waals surface area contributed by atoms with E-state index in [-0.39, 0.29) is 0 Å². The largest absolute Gasteiger partial charge is 0.496 e. The third-order valence-electron chi connectivity index (χ3n) is 2.17. The molecule has 0 atom stereocenters. The summed E-state index contributed by atoms with van der Waals surface area (Å²) in [5, 5.41) is 0. The van der Waals surface area contributed by atoms with Crippen LogP contribution >= 0.6 is 0 Å². The van der Waals surface area contributed by atoms with Crippen molar-refractivity contribution in [3.05, 3.63) is 36.8 Å². The second-order valence-electron chi connectivity index (χ2n) is 2.97. The predicted octanol–water partition coefficient (Wildman–Crippen LogP) is 2.76. The average Bonchev–Trinajstić information content (AvgIpc) is 2.81. The Morgan fingerprint density at radius 1 is 1.07 bits per heavy atom. The molecule has 0 saturated carbocycles.